The number of carbonyl (C=O) groups excluding carboxylic acids is 2. The average molecular weight is 332 g/mol. The van der Waals surface area contributed by atoms with Crippen molar-refractivity contribution in [1.82, 2.24) is 5.32 Å². The zero-order chi connectivity index (χ0) is 14.4. The fourth-order valence-corrected chi connectivity index (χ4v) is 1.79. The Kier molecular flexibility index (Phi) is 5.95. The molecule has 1 amide bonds. The van der Waals surface area contributed by atoms with Gasteiger partial charge in [-0.25, -0.2) is 4.39 Å². The van der Waals surface area contributed by atoms with E-state index >= 15 is 0 Å². The summed E-state index contributed by atoms with van der Waals surface area (Å²) in [5.41, 5.74) is 0.192. The second-order valence-corrected chi connectivity index (χ2v) is 5.02. The van der Waals surface area contributed by atoms with Crippen LogP contribution in [-0.2, 0) is 9.53 Å². The summed E-state index contributed by atoms with van der Waals surface area (Å²) >= 11 is 3.17. The monoisotopic (exact) mass is 331 g/mol. The quantitative estimate of drug-likeness (QED) is 0.844. The summed E-state index contributed by atoms with van der Waals surface area (Å²) in [7, 11) is 0. The van der Waals surface area contributed by atoms with E-state index in [2.05, 4.69) is 21.2 Å². The van der Waals surface area contributed by atoms with E-state index in [-0.39, 0.29) is 30.6 Å². The van der Waals surface area contributed by atoms with E-state index in [1.165, 1.54) is 12.1 Å². The van der Waals surface area contributed by atoms with Crippen molar-refractivity contribution in [3.05, 3.63) is 34.1 Å². The molecule has 0 aromatic heterocycles. The number of nitrogens with one attached hydrogen (secondary N) is 1. The van der Waals surface area contributed by atoms with E-state index in [9.17, 15) is 14.0 Å². The van der Waals surface area contributed by atoms with Crippen molar-refractivity contribution in [3.63, 3.8) is 0 Å². The summed E-state index contributed by atoms with van der Waals surface area (Å²) in [6.07, 6.45) is -0.0998. The smallest absolute Gasteiger partial charge is 0.307 e. The molecule has 0 fully saturated rings. The van der Waals surface area contributed by atoms with Gasteiger partial charge in [-0.1, -0.05) is 0 Å². The maximum atomic E-state index is 13.0. The highest BCUT2D eigenvalue weighted by atomic mass is 79.9. The molecule has 1 aromatic rings. The Morgan fingerprint density at radius 2 is 2.11 bits per heavy atom. The zero-order valence-corrected chi connectivity index (χ0v) is 12.3. The lowest BCUT2D eigenvalue weighted by atomic mass is 10.2. The zero-order valence-electron chi connectivity index (χ0n) is 10.7. The van der Waals surface area contributed by atoms with Crippen LogP contribution >= 0.6 is 15.9 Å². The Morgan fingerprint density at radius 1 is 1.42 bits per heavy atom. The number of hydrogen-bond acceptors (Lipinski definition) is 3. The summed E-state index contributed by atoms with van der Waals surface area (Å²) in [4.78, 5) is 23.0. The normalized spacial score (nSPS) is 10.4. The van der Waals surface area contributed by atoms with Crippen LogP contribution in [-0.4, -0.2) is 24.5 Å². The molecule has 0 saturated carbocycles. The van der Waals surface area contributed by atoms with Gasteiger partial charge in [-0.3, -0.25) is 9.59 Å². The minimum atomic E-state index is -0.493. The maximum absolute atomic E-state index is 13.0. The molecule has 0 bridgehead atoms. The third-order valence-corrected chi connectivity index (χ3v) is 2.85. The molecular formula is C13H15BrFNO3. The van der Waals surface area contributed by atoms with E-state index in [0.29, 0.717) is 4.47 Å². The molecule has 1 N–H and O–H groups in total. The molecule has 0 aliphatic heterocycles. The second kappa shape index (κ2) is 7.23. The molecule has 0 radical (unpaired) electrons. The van der Waals surface area contributed by atoms with E-state index < -0.39 is 11.7 Å². The standard InChI is InChI=1S/C13H15BrFNO3/c1-8(2)19-12(17)5-6-16-13(18)10-7-9(15)3-4-11(10)14/h3-4,7-8H,5-6H2,1-2H3,(H,16,18). The summed E-state index contributed by atoms with van der Waals surface area (Å²) < 4.78 is 18.4. The number of benzene rings is 1. The number of hydrogen-bond donors (Lipinski definition) is 1. The molecule has 104 valence electrons. The fourth-order valence-electron chi connectivity index (χ4n) is 1.37. The lowest BCUT2D eigenvalue weighted by Crippen LogP contribution is -2.27. The lowest BCUT2D eigenvalue weighted by molar-refractivity contribution is -0.147. The van der Waals surface area contributed by atoms with Crippen LogP contribution in [0.5, 0.6) is 0 Å². The minimum Gasteiger partial charge on any atom is -0.463 e. The van der Waals surface area contributed by atoms with Crippen molar-refractivity contribution in [1.29, 1.82) is 0 Å². The molecular weight excluding hydrogens is 317 g/mol. The van der Waals surface area contributed by atoms with E-state index in [1.54, 1.807) is 13.8 Å². The number of rotatable bonds is 5. The van der Waals surface area contributed by atoms with Crippen LogP contribution in [0.3, 0.4) is 0 Å². The molecule has 0 unspecified atom stereocenters. The second-order valence-electron chi connectivity index (χ2n) is 4.17. The maximum Gasteiger partial charge on any atom is 0.307 e. The van der Waals surface area contributed by atoms with Crippen molar-refractivity contribution in [2.24, 2.45) is 0 Å². The first kappa shape index (κ1) is 15.6. The SMILES string of the molecule is CC(C)OC(=O)CCNC(=O)c1cc(F)ccc1Br. The molecule has 0 saturated heterocycles. The lowest BCUT2D eigenvalue weighted by Gasteiger charge is -2.09. The van der Waals surface area contributed by atoms with Crippen LogP contribution in [0.2, 0.25) is 0 Å². The van der Waals surface area contributed by atoms with Gasteiger partial charge in [-0.2, -0.15) is 0 Å². The number of ether oxygens (including phenoxy) is 1. The molecule has 1 aromatic carbocycles. The van der Waals surface area contributed by atoms with Crippen molar-refractivity contribution in [2.45, 2.75) is 26.4 Å². The number of esters is 1. The molecule has 0 aliphatic carbocycles. The minimum absolute atomic E-state index is 0.0802. The van der Waals surface area contributed by atoms with E-state index in [4.69, 9.17) is 4.74 Å². The van der Waals surface area contributed by atoms with Gasteiger partial charge in [0.1, 0.15) is 5.82 Å². The Labute approximate surface area is 119 Å². The van der Waals surface area contributed by atoms with Gasteiger partial charge < -0.3 is 10.1 Å². The van der Waals surface area contributed by atoms with Crippen LogP contribution in [0.25, 0.3) is 0 Å². The molecule has 0 atom stereocenters. The third kappa shape index (κ3) is 5.38. The highest BCUT2D eigenvalue weighted by Crippen LogP contribution is 2.17. The summed E-state index contributed by atoms with van der Waals surface area (Å²) in [5, 5.41) is 2.53. The summed E-state index contributed by atoms with van der Waals surface area (Å²) in [6.45, 7) is 3.65. The molecule has 19 heavy (non-hydrogen) atoms. The summed E-state index contributed by atoms with van der Waals surface area (Å²) in [5.74, 6) is -1.31. The Balaban J connectivity index is 2.48. The topological polar surface area (TPSA) is 55.4 Å². The van der Waals surface area contributed by atoms with Crippen LogP contribution in [0.4, 0.5) is 4.39 Å². The Bertz CT molecular complexity index is 477. The summed E-state index contributed by atoms with van der Waals surface area (Å²) in [6, 6.07) is 3.84. The molecule has 1 rings (SSSR count). The van der Waals surface area contributed by atoms with Gasteiger partial charge in [0, 0.05) is 11.0 Å². The molecule has 0 heterocycles. The van der Waals surface area contributed by atoms with Gasteiger partial charge in [0.2, 0.25) is 0 Å². The van der Waals surface area contributed by atoms with Crippen molar-refractivity contribution in [3.8, 4) is 0 Å². The Hall–Kier alpha value is -1.43. The van der Waals surface area contributed by atoms with Gasteiger partial charge in [0.25, 0.3) is 5.91 Å². The third-order valence-electron chi connectivity index (χ3n) is 2.15. The van der Waals surface area contributed by atoms with Gasteiger partial charge in [0.15, 0.2) is 0 Å². The van der Waals surface area contributed by atoms with E-state index in [1.807, 2.05) is 0 Å². The van der Waals surface area contributed by atoms with Gasteiger partial charge in [-0.15, -0.1) is 0 Å². The molecule has 0 aliphatic rings. The first-order valence-corrected chi connectivity index (χ1v) is 6.62. The first-order valence-electron chi connectivity index (χ1n) is 5.83. The molecule has 4 nitrogen and oxygen atoms in total. The van der Waals surface area contributed by atoms with Crippen molar-refractivity contribution in [2.75, 3.05) is 6.54 Å². The molecule has 6 heteroatoms. The van der Waals surface area contributed by atoms with E-state index in [0.717, 1.165) is 6.07 Å². The number of halogens is 2. The number of amides is 1. The van der Waals surface area contributed by atoms with Crippen LogP contribution in [0, 0.1) is 5.82 Å². The van der Waals surface area contributed by atoms with Crippen LogP contribution in [0.1, 0.15) is 30.6 Å². The number of carbonyl (C=O) groups is 2. The highest BCUT2D eigenvalue weighted by molar-refractivity contribution is 9.10. The Morgan fingerprint density at radius 3 is 2.74 bits per heavy atom. The predicted molar refractivity (Wildman–Crippen MR) is 72.3 cm³/mol. The molecule has 0 spiro atoms. The van der Waals surface area contributed by atoms with Gasteiger partial charge >= 0.3 is 5.97 Å². The predicted octanol–water partition coefficient (Wildman–Crippen LogP) is 2.66. The average Bonchev–Trinajstić information content (AvgIpc) is 2.31. The van der Waals surface area contributed by atoms with Crippen molar-refractivity contribution < 1.29 is 18.7 Å². The first-order chi connectivity index (χ1) is 8.90. The van der Waals surface area contributed by atoms with Gasteiger partial charge in [-0.05, 0) is 48.0 Å². The van der Waals surface area contributed by atoms with Gasteiger partial charge in [0.05, 0.1) is 18.1 Å². The fraction of sp³-hybridized carbons (Fsp3) is 0.385. The van der Waals surface area contributed by atoms with Crippen LogP contribution in [0.15, 0.2) is 22.7 Å². The highest BCUT2D eigenvalue weighted by Gasteiger charge is 2.12. The van der Waals surface area contributed by atoms with Crippen LogP contribution < -0.4 is 5.32 Å². The van der Waals surface area contributed by atoms with Crippen molar-refractivity contribution >= 4 is 27.8 Å². The largest absolute Gasteiger partial charge is 0.463 e.